The zero-order chi connectivity index (χ0) is 11.4. The highest BCUT2D eigenvalue weighted by Gasteiger charge is 2.32. The van der Waals surface area contributed by atoms with Crippen LogP contribution in [0.5, 0.6) is 0 Å². The summed E-state index contributed by atoms with van der Waals surface area (Å²) in [4.78, 5) is 2.42. The maximum Gasteiger partial charge on any atom is 0.0319 e. The van der Waals surface area contributed by atoms with Gasteiger partial charge in [-0.1, -0.05) is 12.2 Å². The van der Waals surface area contributed by atoms with E-state index in [1.165, 1.54) is 45.2 Å². The fraction of sp³-hybridized carbons (Fsp3) is 0.846. The van der Waals surface area contributed by atoms with Gasteiger partial charge in [-0.05, 0) is 52.2 Å². The minimum absolute atomic E-state index is 0.196. The maximum atomic E-state index is 6.03. The summed E-state index contributed by atoms with van der Waals surface area (Å²) in [5.41, 5.74) is 6.23. The van der Waals surface area contributed by atoms with Gasteiger partial charge in [-0.15, -0.1) is 0 Å². The first-order valence-electron chi connectivity index (χ1n) is 6.55. The van der Waals surface area contributed by atoms with Crippen LogP contribution in [0.3, 0.4) is 0 Å². The van der Waals surface area contributed by atoms with Crippen molar-refractivity contribution >= 4 is 0 Å². The fourth-order valence-electron chi connectivity index (χ4n) is 2.90. The minimum Gasteiger partial charge on any atom is -0.329 e. The largest absolute Gasteiger partial charge is 0.329 e. The summed E-state index contributed by atoms with van der Waals surface area (Å²) in [6.45, 7) is 3.16. The Labute approximate surface area is 99.1 Å². The van der Waals surface area contributed by atoms with Crippen molar-refractivity contribution in [3.8, 4) is 0 Å². The van der Waals surface area contributed by atoms with Crippen LogP contribution in [-0.4, -0.2) is 43.2 Å². The van der Waals surface area contributed by atoms with Gasteiger partial charge in [0.2, 0.25) is 0 Å². The standard InChI is InChI=1S/C13H25N3/c1-16-9-4-7-13(11-14,8-10-16)15-12-5-2-3-6-12/h2-3,12,15H,4-11,14H2,1H3. The molecule has 92 valence electrons. The molecule has 0 amide bonds. The molecule has 16 heavy (non-hydrogen) atoms. The average Bonchev–Trinajstić information content (AvgIpc) is 2.71. The van der Waals surface area contributed by atoms with Gasteiger partial charge in [0, 0.05) is 18.1 Å². The molecule has 1 aliphatic carbocycles. The van der Waals surface area contributed by atoms with Crippen molar-refractivity contribution < 1.29 is 0 Å². The number of nitrogens with zero attached hydrogens (tertiary/aromatic N) is 1. The SMILES string of the molecule is CN1CCCC(CN)(NC2CC=CC2)CC1. The summed E-state index contributed by atoms with van der Waals surface area (Å²) in [5, 5.41) is 3.83. The highest BCUT2D eigenvalue weighted by Crippen LogP contribution is 2.24. The zero-order valence-corrected chi connectivity index (χ0v) is 10.4. The Hall–Kier alpha value is -0.380. The lowest BCUT2D eigenvalue weighted by Gasteiger charge is -2.35. The molecule has 3 nitrogen and oxygen atoms in total. The highest BCUT2D eigenvalue weighted by atomic mass is 15.1. The van der Waals surface area contributed by atoms with E-state index in [1.807, 2.05) is 0 Å². The van der Waals surface area contributed by atoms with E-state index < -0.39 is 0 Å². The molecule has 0 radical (unpaired) electrons. The van der Waals surface area contributed by atoms with Crippen LogP contribution >= 0.6 is 0 Å². The molecule has 1 unspecified atom stereocenters. The minimum atomic E-state index is 0.196. The molecule has 0 spiro atoms. The molecule has 2 aliphatic rings. The van der Waals surface area contributed by atoms with Gasteiger partial charge in [-0.3, -0.25) is 0 Å². The first-order valence-corrected chi connectivity index (χ1v) is 6.55. The molecular formula is C13H25N3. The second kappa shape index (κ2) is 5.30. The van der Waals surface area contributed by atoms with Crippen LogP contribution in [-0.2, 0) is 0 Å². The Morgan fingerprint density at radius 3 is 2.75 bits per heavy atom. The highest BCUT2D eigenvalue weighted by molar-refractivity contribution is 5.02. The molecule has 3 heteroatoms. The first kappa shape index (κ1) is 12.1. The molecule has 1 saturated heterocycles. The molecule has 0 saturated carbocycles. The van der Waals surface area contributed by atoms with Crippen molar-refractivity contribution in [1.29, 1.82) is 0 Å². The molecule has 1 atom stereocenters. The van der Waals surface area contributed by atoms with Crippen LogP contribution in [0.1, 0.15) is 32.1 Å². The molecule has 1 fully saturated rings. The van der Waals surface area contributed by atoms with E-state index in [1.54, 1.807) is 0 Å². The van der Waals surface area contributed by atoms with Crippen LogP contribution in [0.15, 0.2) is 12.2 Å². The van der Waals surface area contributed by atoms with Gasteiger partial charge in [0.05, 0.1) is 0 Å². The summed E-state index contributed by atoms with van der Waals surface area (Å²) >= 11 is 0. The summed E-state index contributed by atoms with van der Waals surface area (Å²) < 4.78 is 0. The Morgan fingerprint density at radius 1 is 1.31 bits per heavy atom. The average molecular weight is 223 g/mol. The predicted molar refractivity (Wildman–Crippen MR) is 68.4 cm³/mol. The smallest absolute Gasteiger partial charge is 0.0319 e. The van der Waals surface area contributed by atoms with Crippen molar-refractivity contribution in [3.05, 3.63) is 12.2 Å². The van der Waals surface area contributed by atoms with E-state index in [9.17, 15) is 0 Å². The van der Waals surface area contributed by atoms with Crippen LogP contribution in [0.25, 0.3) is 0 Å². The lowest BCUT2D eigenvalue weighted by Crippen LogP contribution is -2.55. The Kier molecular flexibility index (Phi) is 4.00. The molecule has 1 aliphatic heterocycles. The summed E-state index contributed by atoms with van der Waals surface area (Å²) in [6.07, 6.45) is 10.6. The van der Waals surface area contributed by atoms with Crippen molar-refractivity contribution in [1.82, 2.24) is 10.2 Å². The van der Waals surface area contributed by atoms with E-state index in [4.69, 9.17) is 5.73 Å². The van der Waals surface area contributed by atoms with Gasteiger partial charge in [0.15, 0.2) is 0 Å². The molecule has 3 N–H and O–H groups in total. The van der Waals surface area contributed by atoms with Crippen LogP contribution in [0.2, 0.25) is 0 Å². The van der Waals surface area contributed by atoms with Gasteiger partial charge in [0.1, 0.15) is 0 Å². The topological polar surface area (TPSA) is 41.3 Å². The third-order valence-corrected chi connectivity index (χ3v) is 4.08. The lowest BCUT2D eigenvalue weighted by atomic mass is 9.89. The molecule has 0 aromatic rings. The Bertz CT molecular complexity index is 244. The van der Waals surface area contributed by atoms with Crippen LogP contribution in [0, 0.1) is 0 Å². The normalized spacial score (nSPS) is 33.1. The third kappa shape index (κ3) is 2.84. The molecule has 1 heterocycles. The fourth-order valence-corrected chi connectivity index (χ4v) is 2.90. The van der Waals surface area contributed by atoms with Crippen molar-refractivity contribution in [2.75, 3.05) is 26.7 Å². The third-order valence-electron chi connectivity index (χ3n) is 4.08. The molecular weight excluding hydrogens is 198 g/mol. The predicted octanol–water partition coefficient (Wildman–Crippen LogP) is 1.11. The first-order chi connectivity index (χ1) is 7.74. The van der Waals surface area contributed by atoms with Crippen molar-refractivity contribution in [3.63, 3.8) is 0 Å². The van der Waals surface area contributed by atoms with E-state index in [2.05, 4.69) is 29.4 Å². The number of hydrogen-bond donors (Lipinski definition) is 2. The number of hydrogen-bond acceptors (Lipinski definition) is 3. The Balaban J connectivity index is 1.94. The monoisotopic (exact) mass is 223 g/mol. The second-order valence-corrected chi connectivity index (χ2v) is 5.43. The number of nitrogens with one attached hydrogen (secondary N) is 1. The molecule has 0 aromatic carbocycles. The maximum absolute atomic E-state index is 6.03. The quantitative estimate of drug-likeness (QED) is 0.704. The molecule has 2 rings (SSSR count). The summed E-state index contributed by atoms with van der Waals surface area (Å²) in [5.74, 6) is 0. The van der Waals surface area contributed by atoms with Gasteiger partial charge < -0.3 is 16.0 Å². The summed E-state index contributed by atoms with van der Waals surface area (Å²) in [7, 11) is 2.21. The summed E-state index contributed by atoms with van der Waals surface area (Å²) in [6, 6.07) is 0.631. The molecule has 0 bridgehead atoms. The lowest BCUT2D eigenvalue weighted by molar-refractivity contribution is 0.256. The Morgan fingerprint density at radius 2 is 2.06 bits per heavy atom. The van der Waals surface area contributed by atoms with Gasteiger partial charge >= 0.3 is 0 Å². The van der Waals surface area contributed by atoms with Gasteiger partial charge in [0.25, 0.3) is 0 Å². The van der Waals surface area contributed by atoms with Crippen LogP contribution < -0.4 is 11.1 Å². The van der Waals surface area contributed by atoms with E-state index in [-0.39, 0.29) is 5.54 Å². The van der Waals surface area contributed by atoms with E-state index in [0.717, 1.165) is 6.54 Å². The number of likely N-dealkylation sites (tertiary alicyclic amines) is 1. The van der Waals surface area contributed by atoms with Gasteiger partial charge in [-0.25, -0.2) is 0 Å². The number of rotatable bonds is 3. The van der Waals surface area contributed by atoms with Crippen molar-refractivity contribution in [2.24, 2.45) is 5.73 Å². The zero-order valence-electron chi connectivity index (χ0n) is 10.4. The molecule has 0 aromatic heterocycles. The number of nitrogens with two attached hydrogens (primary N) is 1. The van der Waals surface area contributed by atoms with Gasteiger partial charge in [-0.2, -0.15) is 0 Å². The second-order valence-electron chi connectivity index (χ2n) is 5.43. The van der Waals surface area contributed by atoms with Crippen molar-refractivity contribution in [2.45, 2.75) is 43.7 Å². The van der Waals surface area contributed by atoms with E-state index in [0.29, 0.717) is 6.04 Å². The van der Waals surface area contributed by atoms with Crippen LogP contribution in [0.4, 0.5) is 0 Å². The van der Waals surface area contributed by atoms with E-state index >= 15 is 0 Å².